The Morgan fingerprint density at radius 1 is 1.42 bits per heavy atom. The molecular weight excluding hydrogens is 266 g/mol. The van der Waals surface area contributed by atoms with E-state index in [0.717, 1.165) is 17.1 Å². The van der Waals surface area contributed by atoms with Crippen molar-refractivity contribution in [2.24, 2.45) is 0 Å². The van der Waals surface area contributed by atoms with Crippen LogP contribution in [0.4, 0.5) is 5.88 Å². The molecule has 6 nitrogen and oxygen atoms in total. The topological polar surface area (TPSA) is 81.2 Å². The lowest BCUT2D eigenvalue weighted by Crippen LogP contribution is -2.22. The van der Waals surface area contributed by atoms with Crippen LogP contribution in [0.5, 0.6) is 0 Å². The number of aromatic nitrogens is 2. The Morgan fingerprint density at radius 3 is 2.68 bits per heavy atom. The van der Waals surface area contributed by atoms with Gasteiger partial charge in [-0.25, -0.2) is 4.98 Å². The molecule has 2 aromatic heterocycles. The zero-order chi connectivity index (χ0) is 14.0. The fraction of sp³-hybridized carbons (Fsp3) is 0.417. The van der Waals surface area contributed by atoms with E-state index in [2.05, 4.69) is 15.5 Å². The third-order valence-corrected chi connectivity index (χ3v) is 3.47. The maximum atomic E-state index is 11.9. The molecular formula is C12H15N3O3S. The van der Waals surface area contributed by atoms with Gasteiger partial charge in [-0.05, 0) is 27.7 Å². The Balaban J connectivity index is 1.95. The molecule has 0 fully saturated rings. The van der Waals surface area contributed by atoms with Crippen molar-refractivity contribution in [1.82, 2.24) is 10.1 Å². The van der Waals surface area contributed by atoms with Crippen LogP contribution in [-0.4, -0.2) is 21.3 Å². The molecule has 0 aromatic carbocycles. The van der Waals surface area contributed by atoms with Gasteiger partial charge in [0.2, 0.25) is 11.8 Å². The average Bonchev–Trinajstić information content (AvgIpc) is 2.86. The van der Waals surface area contributed by atoms with Gasteiger partial charge >= 0.3 is 0 Å². The standard InChI is InChI=1S/C12H15N3O3S/c1-6-5-10(18-15-6)14-11(16)9(4)19-12-13-7(2)8(3)17-12/h5,9H,1-4H3,(H,14,16). The van der Waals surface area contributed by atoms with Gasteiger partial charge in [-0.2, -0.15) is 0 Å². The number of oxazole rings is 1. The highest BCUT2D eigenvalue weighted by atomic mass is 32.2. The molecule has 2 rings (SSSR count). The van der Waals surface area contributed by atoms with Gasteiger partial charge < -0.3 is 8.94 Å². The highest BCUT2D eigenvalue weighted by molar-refractivity contribution is 8.00. The predicted molar refractivity (Wildman–Crippen MR) is 71.2 cm³/mol. The van der Waals surface area contributed by atoms with Crippen molar-refractivity contribution in [2.45, 2.75) is 38.2 Å². The number of nitrogens with zero attached hydrogens (tertiary/aromatic N) is 2. The van der Waals surface area contributed by atoms with Gasteiger partial charge in [-0.1, -0.05) is 16.9 Å². The maximum absolute atomic E-state index is 11.9. The van der Waals surface area contributed by atoms with Crippen molar-refractivity contribution in [3.8, 4) is 0 Å². The number of carbonyl (C=O) groups excluding carboxylic acids is 1. The second-order valence-corrected chi connectivity index (χ2v) is 5.50. The summed E-state index contributed by atoms with van der Waals surface area (Å²) in [5.74, 6) is 0.922. The Labute approximate surface area is 114 Å². The van der Waals surface area contributed by atoms with Crippen LogP contribution in [0.15, 0.2) is 20.2 Å². The zero-order valence-corrected chi connectivity index (χ0v) is 12.0. The Hall–Kier alpha value is -1.76. The van der Waals surface area contributed by atoms with Gasteiger partial charge in [-0.3, -0.25) is 10.1 Å². The van der Waals surface area contributed by atoms with Gasteiger partial charge in [0.25, 0.3) is 5.22 Å². The van der Waals surface area contributed by atoms with Crippen LogP contribution in [0.2, 0.25) is 0 Å². The number of hydrogen-bond donors (Lipinski definition) is 1. The molecule has 2 aromatic rings. The van der Waals surface area contributed by atoms with Gasteiger partial charge in [0, 0.05) is 6.07 Å². The fourth-order valence-corrected chi connectivity index (χ4v) is 2.18. The molecule has 1 N–H and O–H groups in total. The number of thioether (sulfide) groups is 1. The number of hydrogen-bond acceptors (Lipinski definition) is 6. The molecule has 0 aliphatic rings. The second-order valence-electron chi connectivity index (χ2n) is 4.20. The van der Waals surface area contributed by atoms with E-state index in [4.69, 9.17) is 8.94 Å². The highest BCUT2D eigenvalue weighted by Gasteiger charge is 2.19. The summed E-state index contributed by atoms with van der Waals surface area (Å²) in [6, 6.07) is 1.66. The van der Waals surface area contributed by atoms with E-state index in [1.54, 1.807) is 19.9 Å². The molecule has 7 heteroatoms. The van der Waals surface area contributed by atoms with Gasteiger partial charge in [0.1, 0.15) is 5.76 Å². The molecule has 0 aliphatic heterocycles. The van der Waals surface area contributed by atoms with Crippen LogP contribution in [-0.2, 0) is 4.79 Å². The molecule has 0 saturated carbocycles. The summed E-state index contributed by atoms with van der Waals surface area (Å²) in [5.41, 5.74) is 1.55. The normalized spacial score (nSPS) is 12.4. The first-order chi connectivity index (χ1) is 8.95. The lowest BCUT2D eigenvalue weighted by Gasteiger charge is -2.06. The molecule has 0 bridgehead atoms. The van der Waals surface area contributed by atoms with Crippen LogP contribution >= 0.6 is 11.8 Å². The van der Waals surface area contributed by atoms with Crippen molar-refractivity contribution in [1.29, 1.82) is 0 Å². The summed E-state index contributed by atoms with van der Waals surface area (Å²) in [4.78, 5) is 16.2. The highest BCUT2D eigenvalue weighted by Crippen LogP contribution is 2.25. The Morgan fingerprint density at radius 2 is 2.16 bits per heavy atom. The number of anilines is 1. The third-order valence-electron chi connectivity index (χ3n) is 2.53. The maximum Gasteiger partial charge on any atom is 0.256 e. The van der Waals surface area contributed by atoms with E-state index in [9.17, 15) is 4.79 Å². The molecule has 0 aliphatic carbocycles. The summed E-state index contributed by atoms with van der Waals surface area (Å²) in [5, 5.41) is 6.49. The van der Waals surface area contributed by atoms with Gasteiger partial charge in [-0.15, -0.1) is 0 Å². The summed E-state index contributed by atoms with van der Waals surface area (Å²) >= 11 is 1.26. The predicted octanol–water partition coefficient (Wildman–Crippen LogP) is 2.71. The van der Waals surface area contributed by atoms with Crippen molar-refractivity contribution in [3.05, 3.63) is 23.2 Å². The molecule has 102 valence electrons. The number of aryl methyl sites for hydroxylation is 3. The summed E-state index contributed by atoms with van der Waals surface area (Å²) in [7, 11) is 0. The van der Waals surface area contributed by atoms with E-state index in [-0.39, 0.29) is 11.2 Å². The van der Waals surface area contributed by atoms with E-state index >= 15 is 0 Å². The van der Waals surface area contributed by atoms with Crippen LogP contribution in [0.3, 0.4) is 0 Å². The first-order valence-corrected chi connectivity index (χ1v) is 6.68. The largest absolute Gasteiger partial charge is 0.437 e. The average molecular weight is 281 g/mol. The summed E-state index contributed by atoms with van der Waals surface area (Å²) in [6.07, 6.45) is 0. The number of amides is 1. The van der Waals surface area contributed by atoms with E-state index in [1.165, 1.54) is 11.8 Å². The lowest BCUT2D eigenvalue weighted by atomic mass is 10.4. The number of rotatable bonds is 4. The minimum absolute atomic E-state index is 0.186. The molecule has 0 saturated heterocycles. The molecule has 0 radical (unpaired) electrons. The molecule has 1 amide bonds. The SMILES string of the molecule is Cc1cc(NC(=O)C(C)Sc2nc(C)c(C)o2)on1. The minimum atomic E-state index is -0.345. The van der Waals surface area contributed by atoms with Crippen LogP contribution < -0.4 is 5.32 Å². The lowest BCUT2D eigenvalue weighted by molar-refractivity contribution is -0.115. The number of nitrogens with one attached hydrogen (secondary N) is 1. The first kappa shape index (κ1) is 13.7. The molecule has 19 heavy (non-hydrogen) atoms. The van der Waals surface area contributed by atoms with E-state index < -0.39 is 0 Å². The van der Waals surface area contributed by atoms with Crippen molar-refractivity contribution >= 4 is 23.6 Å². The quantitative estimate of drug-likeness (QED) is 0.868. The van der Waals surface area contributed by atoms with Crippen molar-refractivity contribution < 1.29 is 13.7 Å². The van der Waals surface area contributed by atoms with Gasteiger partial charge in [0.15, 0.2) is 0 Å². The van der Waals surface area contributed by atoms with Crippen LogP contribution in [0, 0.1) is 20.8 Å². The molecule has 0 spiro atoms. The first-order valence-electron chi connectivity index (χ1n) is 5.80. The second kappa shape index (κ2) is 5.48. The van der Waals surface area contributed by atoms with Gasteiger partial charge in [0.05, 0.1) is 16.6 Å². The van der Waals surface area contributed by atoms with E-state index in [1.807, 2.05) is 13.8 Å². The molecule has 1 unspecified atom stereocenters. The summed E-state index contributed by atoms with van der Waals surface area (Å²) < 4.78 is 10.4. The monoisotopic (exact) mass is 281 g/mol. The Kier molecular flexibility index (Phi) is 3.94. The van der Waals surface area contributed by atoms with E-state index in [0.29, 0.717) is 11.1 Å². The zero-order valence-electron chi connectivity index (χ0n) is 11.2. The third kappa shape index (κ3) is 3.37. The smallest absolute Gasteiger partial charge is 0.256 e. The Bertz CT molecular complexity index is 571. The molecule has 2 heterocycles. The minimum Gasteiger partial charge on any atom is -0.437 e. The number of carbonyl (C=O) groups is 1. The fourth-order valence-electron chi connectivity index (χ4n) is 1.34. The van der Waals surface area contributed by atoms with Crippen molar-refractivity contribution in [2.75, 3.05) is 5.32 Å². The molecule has 1 atom stereocenters. The summed E-state index contributed by atoms with van der Waals surface area (Å²) in [6.45, 7) is 7.27. The van der Waals surface area contributed by atoms with Crippen LogP contribution in [0.1, 0.15) is 24.1 Å². The van der Waals surface area contributed by atoms with Crippen LogP contribution in [0.25, 0.3) is 0 Å². The van der Waals surface area contributed by atoms with Crippen molar-refractivity contribution in [3.63, 3.8) is 0 Å².